The average Bonchev–Trinajstić information content (AvgIpc) is 2.26. The number of hydrogen-bond donors (Lipinski definition) is 0. The van der Waals surface area contributed by atoms with E-state index in [-0.39, 0.29) is 10.7 Å². The maximum Gasteiger partial charge on any atom is 0.223 e. The Morgan fingerprint density at radius 3 is 2.80 bits per heavy atom. The van der Waals surface area contributed by atoms with Crippen molar-refractivity contribution in [3.05, 3.63) is 29.3 Å². The minimum Gasteiger partial charge on any atom is -0.281 e. The third-order valence-corrected chi connectivity index (χ3v) is 3.08. The molecule has 1 rings (SSSR count). The Balaban J connectivity index is 2.89. The van der Waals surface area contributed by atoms with Gasteiger partial charge in [0.1, 0.15) is 5.82 Å². The molecule has 0 spiro atoms. The molecule has 1 aromatic heterocycles. The lowest BCUT2D eigenvalue weighted by atomic mass is 10.1. The molecule has 0 aliphatic rings. The van der Waals surface area contributed by atoms with Gasteiger partial charge in [-0.1, -0.05) is 25.6 Å². The number of thioether (sulfide) groups is 1. The van der Waals surface area contributed by atoms with Crippen LogP contribution < -0.4 is 0 Å². The molecule has 2 nitrogen and oxygen atoms in total. The summed E-state index contributed by atoms with van der Waals surface area (Å²) in [5.41, 5.74) is 0.603. The van der Waals surface area contributed by atoms with Gasteiger partial charge in [0.15, 0.2) is 0 Å². The van der Waals surface area contributed by atoms with Crippen LogP contribution in [-0.2, 0) is 6.42 Å². The van der Waals surface area contributed by atoms with E-state index in [0.29, 0.717) is 17.7 Å². The third kappa shape index (κ3) is 3.02. The number of halogens is 1. The lowest BCUT2D eigenvalue weighted by Gasteiger charge is -2.04. The van der Waals surface area contributed by atoms with E-state index in [4.69, 9.17) is 0 Å². The van der Waals surface area contributed by atoms with Gasteiger partial charge >= 0.3 is 0 Å². The summed E-state index contributed by atoms with van der Waals surface area (Å²) in [4.78, 5) is 15.4. The number of pyridine rings is 1. The third-order valence-electron chi connectivity index (χ3n) is 1.99. The Kier molecular flexibility index (Phi) is 4.75. The highest BCUT2D eigenvalue weighted by Crippen LogP contribution is 2.18. The normalized spacial score (nSPS) is 10.3. The van der Waals surface area contributed by atoms with E-state index in [1.807, 2.05) is 13.8 Å². The predicted molar refractivity (Wildman–Crippen MR) is 60.7 cm³/mol. The Morgan fingerprint density at radius 1 is 1.47 bits per heavy atom. The summed E-state index contributed by atoms with van der Waals surface area (Å²) in [5, 5.41) is -0.225. The maximum absolute atomic E-state index is 13.7. The van der Waals surface area contributed by atoms with Crippen LogP contribution in [0.1, 0.15) is 36.2 Å². The minimum atomic E-state index is -0.416. The van der Waals surface area contributed by atoms with Crippen LogP contribution in [0.4, 0.5) is 4.39 Å². The lowest BCUT2D eigenvalue weighted by Crippen LogP contribution is -2.03. The highest BCUT2D eigenvalue weighted by molar-refractivity contribution is 8.14. The fraction of sp³-hybridized carbons (Fsp3) is 0.455. The monoisotopic (exact) mass is 227 g/mol. The van der Waals surface area contributed by atoms with Crippen molar-refractivity contribution in [3.63, 3.8) is 0 Å². The molecule has 0 amide bonds. The highest BCUT2D eigenvalue weighted by Gasteiger charge is 2.14. The van der Waals surface area contributed by atoms with Crippen LogP contribution in [0.3, 0.4) is 0 Å². The van der Waals surface area contributed by atoms with Gasteiger partial charge in [-0.05, 0) is 12.8 Å². The number of carbonyl (C=O) groups is 1. The molecule has 15 heavy (non-hydrogen) atoms. The summed E-state index contributed by atoms with van der Waals surface area (Å²) in [6, 6.07) is 0. The first-order chi connectivity index (χ1) is 7.20. The molecule has 0 radical (unpaired) electrons. The van der Waals surface area contributed by atoms with Crippen molar-refractivity contribution in [2.75, 3.05) is 5.75 Å². The van der Waals surface area contributed by atoms with Crippen LogP contribution in [0.5, 0.6) is 0 Å². The molecule has 1 aromatic rings. The minimum absolute atomic E-state index is 0.104. The van der Waals surface area contributed by atoms with Crippen LogP contribution in [0, 0.1) is 5.82 Å². The number of carbonyl (C=O) groups excluding carboxylic acids is 1. The SMILES string of the molecule is CCCSC(=O)c1cncc(CC)c1F. The lowest BCUT2D eigenvalue weighted by molar-refractivity contribution is 0.108. The van der Waals surface area contributed by atoms with Crippen LogP contribution in [0.15, 0.2) is 12.4 Å². The number of hydrogen-bond acceptors (Lipinski definition) is 3. The fourth-order valence-electron chi connectivity index (χ4n) is 1.15. The number of rotatable bonds is 4. The molecule has 0 saturated carbocycles. The smallest absolute Gasteiger partial charge is 0.223 e. The van der Waals surface area contributed by atoms with Gasteiger partial charge in [0, 0.05) is 23.7 Å². The van der Waals surface area contributed by atoms with Gasteiger partial charge in [0.25, 0.3) is 0 Å². The molecule has 4 heteroatoms. The van der Waals surface area contributed by atoms with Crippen LogP contribution in [0.25, 0.3) is 0 Å². The van der Waals surface area contributed by atoms with Gasteiger partial charge in [0.2, 0.25) is 5.12 Å². The van der Waals surface area contributed by atoms with E-state index in [9.17, 15) is 9.18 Å². The van der Waals surface area contributed by atoms with Crippen molar-refractivity contribution in [1.82, 2.24) is 4.98 Å². The van der Waals surface area contributed by atoms with E-state index in [2.05, 4.69) is 4.98 Å². The summed E-state index contributed by atoms with van der Waals surface area (Å²) in [6.07, 6.45) is 4.23. The zero-order valence-corrected chi connectivity index (χ0v) is 9.73. The Labute approximate surface area is 93.3 Å². The van der Waals surface area contributed by atoms with Crippen molar-refractivity contribution in [2.24, 2.45) is 0 Å². The second-order valence-electron chi connectivity index (χ2n) is 3.15. The van der Waals surface area contributed by atoms with E-state index in [0.717, 1.165) is 18.2 Å². The average molecular weight is 227 g/mol. The Morgan fingerprint density at radius 2 is 2.20 bits per heavy atom. The van der Waals surface area contributed by atoms with Crippen LogP contribution in [-0.4, -0.2) is 15.9 Å². The summed E-state index contributed by atoms with van der Waals surface area (Å²) in [6.45, 7) is 3.82. The fourth-order valence-corrected chi connectivity index (χ4v) is 1.84. The van der Waals surface area contributed by atoms with E-state index in [1.165, 1.54) is 12.4 Å². The topological polar surface area (TPSA) is 30.0 Å². The van der Waals surface area contributed by atoms with Crippen LogP contribution >= 0.6 is 11.8 Å². The number of nitrogens with zero attached hydrogens (tertiary/aromatic N) is 1. The molecule has 82 valence electrons. The summed E-state index contributed by atoms with van der Waals surface area (Å²) >= 11 is 1.14. The molecular formula is C11H14FNOS. The van der Waals surface area contributed by atoms with Gasteiger partial charge in [-0.25, -0.2) is 4.39 Å². The van der Waals surface area contributed by atoms with Gasteiger partial charge in [-0.15, -0.1) is 0 Å². The molecule has 0 aliphatic carbocycles. The molecule has 0 aliphatic heterocycles. The molecule has 1 heterocycles. The molecular weight excluding hydrogens is 213 g/mol. The summed E-state index contributed by atoms with van der Waals surface area (Å²) in [5.74, 6) is 0.301. The Hall–Kier alpha value is -0.900. The second-order valence-corrected chi connectivity index (χ2v) is 4.22. The van der Waals surface area contributed by atoms with Gasteiger partial charge in [-0.2, -0.15) is 0 Å². The molecule has 0 aromatic carbocycles. The molecule has 0 bridgehead atoms. The van der Waals surface area contributed by atoms with Crippen molar-refractivity contribution < 1.29 is 9.18 Å². The first-order valence-corrected chi connectivity index (χ1v) is 5.98. The van der Waals surface area contributed by atoms with E-state index in [1.54, 1.807) is 0 Å². The van der Waals surface area contributed by atoms with Gasteiger partial charge < -0.3 is 0 Å². The quantitative estimate of drug-likeness (QED) is 0.791. The van der Waals surface area contributed by atoms with E-state index >= 15 is 0 Å². The second kappa shape index (κ2) is 5.85. The molecule has 0 N–H and O–H groups in total. The molecule has 0 unspecified atom stereocenters. The van der Waals surface area contributed by atoms with Gasteiger partial charge in [-0.3, -0.25) is 9.78 Å². The number of aromatic nitrogens is 1. The van der Waals surface area contributed by atoms with Crippen molar-refractivity contribution in [1.29, 1.82) is 0 Å². The molecule has 0 atom stereocenters. The van der Waals surface area contributed by atoms with E-state index < -0.39 is 5.82 Å². The predicted octanol–water partition coefficient (Wildman–Crippen LogP) is 3.07. The highest BCUT2D eigenvalue weighted by atomic mass is 32.2. The first-order valence-electron chi connectivity index (χ1n) is 5.00. The van der Waals surface area contributed by atoms with Gasteiger partial charge in [0.05, 0.1) is 5.56 Å². The zero-order valence-electron chi connectivity index (χ0n) is 8.92. The summed E-state index contributed by atoms with van der Waals surface area (Å²) < 4.78 is 13.7. The van der Waals surface area contributed by atoms with Crippen LogP contribution in [0.2, 0.25) is 0 Å². The summed E-state index contributed by atoms with van der Waals surface area (Å²) in [7, 11) is 0. The molecule has 0 saturated heterocycles. The largest absolute Gasteiger partial charge is 0.281 e. The molecule has 0 fully saturated rings. The number of aryl methyl sites for hydroxylation is 1. The Bertz CT molecular complexity index is 354. The first kappa shape index (κ1) is 12.2. The van der Waals surface area contributed by atoms with Crippen molar-refractivity contribution in [3.8, 4) is 0 Å². The van der Waals surface area contributed by atoms with Crippen molar-refractivity contribution in [2.45, 2.75) is 26.7 Å². The standard InChI is InChI=1S/C11H14FNOS/c1-3-5-15-11(14)9-7-13-6-8(4-2)10(9)12/h6-7H,3-5H2,1-2H3. The zero-order chi connectivity index (χ0) is 11.3. The van der Waals surface area contributed by atoms with Crippen molar-refractivity contribution >= 4 is 16.9 Å². The maximum atomic E-state index is 13.7.